The van der Waals surface area contributed by atoms with Crippen molar-refractivity contribution in [2.75, 3.05) is 11.1 Å². The number of halogens is 2. The zero-order chi connectivity index (χ0) is 14.0. The van der Waals surface area contributed by atoms with Gasteiger partial charge in [-0.25, -0.2) is 13.8 Å². The van der Waals surface area contributed by atoms with E-state index in [1.54, 1.807) is 19.1 Å². The third-order valence-corrected chi connectivity index (χ3v) is 2.46. The molecule has 0 bridgehead atoms. The van der Waals surface area contributed by atoms with E-state index in [0.717, 1.165) is 6.07 Å². The van der Waals surface area contributed by atoms with E-state index in [1.807, 2.05) is 0 Å². The van der Waals surface area contributed by atoms with Gasteiger partial charge in [0.25, 0.3) is 5.91 Å². The quantitative estimate of drug-likeness (QED) is 0.818. The number of rotatable bonds is 2. The fourth-order valence-electron chi connectivity index (χ4n) is 1.52. The monoisotopic (exact) mass is 263 g/mol. The maximum Gasteiger partial charge on any atom is 0.274 e. The number of aryl methyl sites for hydroxylation is 1. The van der Waals surface area contributed by atoms with Crippen molar-refractivity contribution in [1.29, 1.82) is 0 Å². The summed E-state index contributed by atoms with van der Waals surface area (Å²) in [7, 11) is 0. The van der Waals surface area contributed by atoms with E-state index in [9.17, 15) is 13.6 Å². The number of carbonyl (C=O) groups is 1. The fraction of sp³-hybridized carbons (Fsp3) is 0.0769. The molecule has 3 N–H and O–H groups in total. The third-order valence-electron chi connectivity index (χ3n) is 2.46. The normalized spacial score (nSPS) is 10.3. The molecule has 1 heterocycles. The van der Waals surface area contributed by atoms with Crippen LogP contribution in [0.25, 0.3) is 0 Å². The molecular formula is C13H11F2N3O. The number of aromatic nitrogens is 1. The number of benzene rings is 1. The number of nitrogen functional groups attached to an aromatic ring is 1. The lowest BCUT2D eigenvalue weighted by Gasteiger charge is -2.08. The maximum absolute atomic E-state index is 13.5. The van der Waals surface area contributed by atoms with Crippen molar-refractivity contribution in [3.8, 4) is 0 Å². The molecule has 19 heavy (non-hydrogen) atoms. The summed E-state index contributed by atoms with van der Waals surface area (Å²) >= 11 is 0. The maximum atomic E-state index is 13.5. The number of carbonyl (C=O) groups excluding carboxylic acids is 1. The molecule has 0 saturated heterocycles. The molecule has 0 spiro atoms. The number of pyridine rings is 1. The van der Waals surface area contributed by atoms with Gasteiger partial charge in [-0.05, 0) is 25.1 Å². The van der Waals surface area contributed by atoms with Crippen LogP contribution >= 0.6 is 0 Å². The second-order valence-corrected chi connectivity index (χ2v) is 3.97. The summed E-state index contributed by atoms with van der Waals surface area (Å²) in [6.07, 6.45) is 0. The van der Waals surface area contributed by atoms with Gasteiger partial charge in [0.1, 0.15) is 17.3 Å². The van der Waals surface area contributed by atoms with Gasteiger partial charge >= 0.3 is 0 Å². The Bertz CT molecular complexity index is 644. The van der Waals surface area contributed by atoms with Crippen LogP contribution in [0.1, 0.15) is 16.2 Å². The Morgan fingerprint density at radius 3 is 2.68 bits per heavy atom. The first kappa shape index (κ1) is 12.9. The van der Waals surface area contributed by atoms with Crippen LogP contribution in [0.4, 0.5) is 20.2 Å². The van der Waals surface area contributed by atoms with E-state index in [0.29, 0.717) is 11.8 Å². The van der Waals surface area contributed by atoms with Gasteiger partial charge in [-0.2, -0.15) is 0 Å². The molecule has 4 nitrogen and oxygen atoms in total. The minimum absolute atomic E-state index is 0.141. The first-order valence-electron chi connectivity index (χ1n) is 5.47. The lowest BCUT2D eigenvalue weighted by molar-refractivity contribution is 0.102. The summed E-state index contributed by atoms with van der Waals surface area (Å²) in [5, 5.41) is 2.30. The van der Waals surface area contributed by atoms with Gasteiger partial charge in [-0.3, -0.25) is 4.79 Å². The van der Waals surface area contributed by atoms with Crippen LogP contribution in [0.5, 0.6) is 0 Å². The van der Waals surface area contributed by atoms with Crippen LogP contribution < -0.4 is 11.1 Å². The van der Waals surface area contributed by atoms with Gasteiger partial charge in [0.05, 0.1) is 11.4 Å². The van der Waals surface area contributed by atoms with E-state index < -0.39 is 17.5 Å². The number of hydrogen-bond donors (Lipinski definition) is 2. The molecule has 0 saturated carbocycles. The van der Waals surface area contributed by atoms with Crippen LogP contribution in [-0.2, 0) is 0 Å². The largest absolute Gasteiger partial charge is 0.396 e. The number of anilines is 2. The van der Waals surface area contributed by atoms with E-state index in [1.165, 1.54) is 6.07 Å². The van der Waals surface area contributed by atoms with Gasteiger partial charge in [-0.15, -0.1) is 0 Å². The van der Waals surface area contributed by atoms with Crippen molar-refractivity contribution in [3.05, 3.63) is 53.4 Å². The summed E-state index contributed by atoms with van der Waals surface area (Å²) in [5.74, 6) is -2.36. The average Bonchev–Trinajstić information content (AvgIpc) is 2.36. The molecule has 0 unspecified atom stereocenters. The Balaban J connectivity index is 2.27. The molecule has 2 aromatic rings. The number of nitrogens with two attached hydrogens (primary N) is 1. The van der Waals surface area contributed by atoms with Crippen molar-refractivity contribution in [2.24, 2.45) is 0 Å². The minimum atomic E-state index is -0.896. The molecule has 1 aromatic heterocycles. The molecule has 0 aliphatic heterocycles. The molecule has 0 fully saturated rings. The summed E-state index contributed by atoms with van der Waals surface area (Å²) in [6, 6.07) is 6.53. The Morgan fingerprint density at radius 1 is 1.26 bits per heavy atom. The standard InChI is InChI=1S/C13H11F2N3O/c1-7-3-2-4-11(17-7)13(19)18-12-6-10(16)8(14)5-9(12)15/h2-6H,16H2,1H3,(H,18,19). The lowest BCUT2D eigenvalue weighted by Crippen LogP contribution is -2.15. The van der Waals surface area contributed by atoms with Crippen molar-refractivity contribution in [3.63, 3.8) is 0 Å². The molecule has 0 aliphatic rings. The van der Waals surface area contributed by atoms with Gasteiger partial charge in [-0.1, -0.05) is 6.07 Å². The Morgan fingerprint density at radius 2 is 2.00 bits per heavy atom. The molecular weight excluding hydrogens is 252 g/mol. The van der Waals surface area contributed by atoms with Crippen LogP contribution in [0.2, 0.25) is 0 Å². The van der Waals surface area contributed by atoms with Gasteiger partial charge < -0.3 is 11.1 Å². The lowest BCUT2D eigenvalue weighted by atomic mass is 10.2. The topological polar surface area (TPSA) is 68.0 Å². The molecule has 0 radical (unpaired) electrons. The molecule has 2 rings (SSSR count). The summed E-state index contributed by atoms with van der Waals surface area (Å²) in [4.78, 5) is 15.8. The Labute approximate surface area is 108 Å². The van der Waals surface area contributed by atoms with Crippen LogP contribution in [-0.4, -0.2) is 10.9 Å². The first-order chi connectivity index (χ1) is 8.97. The number of nitrogens with one attached hydrogen (secondary N) is 1. The van der Waals surface area contributed by atoms with Crippen LogP contribution in [0.3, 0.4) is 0 Å². The molecule has 6 heteroatoms. The highest BCUT2D eigenvalue weighted by atomic mass is 19.1. The number of hydrogen-bond acceptors (Lipinski definition) is 3. The summed E-state index contributed by atoms with van der Waals surface area (Å²) in [5.41, 5.74) is 5.69. The number of nitrogens with zero attached hydrogens (tertiary/aromatic N) is 1. The van der Waals surface area contributed by atoms with Crippen LogP contribution in [0.15, 0.2) is 30.3 Å². The SMILES string of the molecule is Cc1cccc(C(=O)Nc2cc(N)c(F)cc2F)n1. The van der Waals surface area contributed by atoms with E-state index >= 15 is 0 Å². The Kier molecular flexibility index (Phi) is 3.41. The highest BCUT2D eigenvalue weighted by Gasteiger charge is 2.13. The minimum Gasteiger partial charge on any atom is -0.396 e. The number of amides is 1. The molecule has 0 atom stereocenters. The molecule has 98 valence electrons. The van der Waals surface area contributed by atoms with Crippen molar-refractivity contribution in [1.82, 2.24) is 4.98 Å². The second kappa shape index (κ2) is 5.01. The van der Waals surface area contributed by atoms with Crippen molar-refractivity contribution >= 4 is 17.3 Å². The highest BCUT2D eigenvalue weighted by molar-refractivity contribution is 6.03. The Hall–Kier alpha value is -2.50. The summed E-state index contributed by atoms with van der Waals surface area (Å²) < 4.78 is 26.4. The van der Waals surface area contributed by atoms with E-state index in [-0.39, 0.29) is 17.1 Å². The molecule has 1 aromatic carbocycles. The zero-order valence-electron chi connectivity index (χ0n) is 10.1. The highest BCUT2D eigenvalue weighted by Crippen LogP contribution is 2.21. The molecule has 1 amide bonds. The van der Waals surface area contributed by atoms with Crippen LogP contribution in [0, 0.1) is 18.6 Å². The third kappa shape index (κ3) is 2.85. The molecule has 0 aliphatic carbocycles. The summed E-state index contributed by atoms with van der Waals surface area (Å²) in [6.45, 7) is 1.73. The second-order valence-electron chi connectivity index (χ2n) is 3.97. The van der Waals surface area contributed by atoms with Gasteiger partial charge in [0, 0.05) is 11.8 Å². The van der Waals surface area contributed by atoms with Gasteiger partial charge in [0.2, 0.25) is 0 Å². The van der Waals surface area contributed by atoms with Crippen molar-refractivity contribution < 1.29 is 13.6 Å². The average molecular weight is 263 g/mol. The predicted molar refractivity (Wildman–Crippen MR) is 67.7 cm³/mol. The van der Waals surface area contributed by atoms with E-state index in [2.05, 4.69) is 10.3 Å². The van der Waals surface area contributed by atoms with Gasteiger partial charge in [0.15, 0.2) is 0 Å². The van der Waals surface area contributed by atoms with E-state index in [4.69, 9.17) is 5.73 Å². The zero-order valence-corrected chi connectivity index (χ0v) is 10.1. The smallest absolute Gasteiger partial charge is 0.274 e. The van der Waals surface area contributed by atoms with Crippen molar-refractivity contribution in [2.45, 2.75) is 6.92 Å². The first-order valence-corrected chi connectivity index (χ1v) is 5.47. The fourth-order valence-corrected chi connectivity index (χ4v) is 1.52. The predicted octanol–water partition coefficient (Wildman–Crippen LogP) is 2.50.